The molecule has 1 aromatic heterocycles. The van der Waals surface area contributed by atoms with Gasteiger partial charge in [0.15, 0.2) is 5.82 Å². The Kier molecular flexibility index (Phi) is 5.05. The lowest BCUT2D eigenvalue weighted by Crippen LogP contribution is -2.40. The molecule has 0 spiro atoms. The van der Waals surface area contributed by atoms with Crippen molar-refractivity contribution >= 4 is 17.4 Å². The van der Waals surface area contributed by atoms with E-state index in [1.807, 2.05) is 55.3 Å². The normalized spacial score (nSPS) is 17.1. The van der Waals surface area contributed by atoms with Gasteiger partial charge in [-0.2, -0.15) is 5.10 Å². The van der Waals surface area contributed by atoms with E-state index in [9.17, 15) is 4.79 Å². The van der Waals surface area contributed by atoms with Crippen LogP contribution in [0.5, 0.6) is 0 Å². The van der Waals surface area contributed by atoms with Crippen molar-refractivity contribution in [2.75, 3.05) is 25.5 Å². The van der Waals surface area contributed by atoms with E-state index in [1.165, 1.54) is 0 Å². The van der Waals surface area contributed by atoms with Crippen LogP contribution in [0.15, 0.2) is 36.4 Å². The number of nitrogens with one attached hydrogen (secondary N) is 2. The Labute approximate surface area is 142 Å². The van der Waals surface area contributed by atoms with Crippen molar-refractivity contribution in [1.29, 1.82) is 0 Å². The van der Waals surface area contributed by atoms with Crippen LogP contribution in [0, 0.1) is 6.92 Å². The van der Waals surface area contributed by atoms with E-state index < -0.39 is 0 Å². The molecule has 1 aromatic carbocycles. The van der Waals surface area contributed by atoms with Gasteiger partial charge in [-0.1, -0.05) is 6.07 Å². The summed E-state index contributed by atoms with van der Waals surface area (Å²) in [6.07, 6.45) is 2.12. The molecule has 0 unspecified atom stereocenters. The van der Waals surface area contributed by atoms with Gasteiger partial charge in [-0.15, -0.1) is 5.10 Å². The molecule has 0 bridgehead atoms. The minimum absolute atomic E-state index is 0.0893. The molecule has 3 rings (SSSR count). The molecule has 2 heterocycles. The first-order valence-electron chi connectivity index (χ1n) is 8.30. The van der Waals surface area contributed by atoms with Crippen molar-refractivity contribution in [3.8, 4) is 0 Å². The fraction of sp³-hybridized carbons (Fsp3) is 0.389. The molecular formula is C18H23N5O. The predicted octanol–water partition coefficient (Wildman–Crippen LogP) is 2.35. The summed E-state index contributed by atoms with van der Waals surface area (Å²) in [5.74, 6) is 0.755. The highest BCUT2D eigenvalue weighted by atomic mass is 16.2. The number of likely N-dealkylation sites (tertiary alicyclic amines) is 1. The van der Waals surface area contributed by atoms with E-state index in [1.54, 1.807) is 0 Å². The lowest BCUT2D eigenvalue weighted by atomic mass is 10.1. The molecule has 6 nitrogen and oxygen atoms in total. The molecular weight excluding hydrogens is 302 g/mol. The number of benzene rings is 1. The van der Waals surface area contributed by atoms with Crippen molar-refractivity contribution in [2.24, 2.45) is 0 Å². The van der Waals surface area contributed by atoms with Gasteiger partial charge in [-0.3, -0.25) is 4.79 Å². The van der Waals surface area contributed by atoms with Crippen LogP contribution in [0.25, 0.3) is 0 Å². The Morgan fingerprint density at radius 2 is 2.17 bits per heavy atom. The first-order valence-corrected chi connectivity index (χ1v) is 8.30. The highest BCUT2D eigenvalue weighted by molar-refractivity contribution is 5.95. The number of nitrogens with zero attached hydrogens (tertiary/aromatic N) is 3. The van der Waals surface area contributed by atoms with Crippen LogP contribution in [0.2, 0.25) is 0 Å². The standard InChI is InChI=1S/C18H23N5O/c1-13-8-9-17(22-21-13)20-15-6-3-5-14(11-15)18(24)23-10-4-7-16(23)12-19-2/h3,5-6,8-9,11,16,19H,4,7,10,12H2,1-2H3,(H,20,22)/t16-/m1/s1. The number of amides is 1. The monoisotopic (exact) mass is 325 g/mol. The Balaban J connectivity index is 1.74. The second-order valence-corrected chi connectivity index (χ2v) is 6.12. The third-order valence-electron chi connectivity index (χ3n) is 4.26. The maximum absolute atomic E-state index is 12.8. The number of aromatic nitrogens is 2. The van der Waals surface area contributed by atoms with Crippen LogP contribution in [0.1, 0.15) is 28.9 Å². The molecule has 24 heavy (non-hydrogen) atoms. The van der Waals surface area contributed by atoms with Gasteiger partial charge in [-0.05, 0) is 57.1 Å². The molecule has 126 valence electrons. The predicted molar refractivity (Wildman–Crippen MR) is 94.5 cm³/mol. The largest absolute Gasteiger partial charge is 0.339 e. The highest BCUT2D eigenvalue weighted by Gasteiger charge is 2.28. The van der Waals surface area contributed by atoms with E-state index in [0.717, 1.165) is 37.3 Å². The number of rotatable bonds is 5. The number of anilines is 2. The fourth-order valence-electron chi connectivity index (χ4n) is 3.06. The van der Waals surface area contributed by atoms with E-state index in [-0.39, 0.29) is 11.9 Å². The van der Waals surface area contributed by atoms with Gasteiger partial charge in [0.05, 0.1) is 5.69 Å². The van der Waals surface area contributed by atoms with Gasteiger partial charge in [0.1, 0.15) is 0 Å². The van der Waals surface area contributed by atoms with Crippen LogP contribution < -0.4 is 10.6 Å². The van der Waals surface area contributed by atoms with Gasteiger partial charge in [0.25, 0.3) is 5.91 Å². The molecule has 2 aromatic rings. The quantitative estimate of drug-likeness (QED) is 0.883. The van der Waals surface area contributed by atoms with Gasteiger partial charge in [0, 0.05) is 30.4 Å². The molecule has 1 amide bonds. The zero-order valence-electron chi connectivity index (χ0n) is 14.1. The van der Waals surface area contributed by atoms with Gasteiger partial charge in [0.2, 0.25) is 0 Å². The summed E-state index contributed by atoms with van der Waals surface area (Å²) >= 11 is 0. The van der Waals surface area contributed by atoms with Gasteiger partial charge < -0.3 is 15.5 Å². The number of aryl methyl sites for hydroxylation is 1. The lowest BCUT2D eigenvalue weighted by molar-refractivity contribution is 0.0737. The summed E-state index contributed by atoms with van der Waals surface area (Å²) in [5.41, 5.74) is 2.40. The first-order chi connectivity index (χ1) is 11.7. The summed E-state index contributed by atoms with van der Waals surface area (Å²) in [7, 11) is 1.92. The minimum Gasteiger partial charge on any atom is -0.339 e. The van der Waals surface area contributed by atoms with Crippen LogP contribution in [-0.4, -0.2) is 47.2 Å². The second-order valence-electron chi connectivity index (χ2n) is 6.12. The molecule has 2 N–H and O–H groups in total. The Bertz CT molecular complexity index is 701. The Morgan fingerprint density at radius 1 is 1.29 bits per heavy atom. The average molecular weight is 325 g/mol. The molecule has 1 aliphatic heterocycles. The summed E-state index contributed by atoms with van der Waals surface area (Å²) in [6.45, 7) is 3.56. The Hall–Kier alpha value is -2.47. The lowest BCUT2D eigenvalue weighted by Gasteiger charge is -2.24. The zero-order chi connectivity index (χ0) is 16.9. The van der Waals surface area contributed by atoms with Crippen LogP contribution in [-0.2, 0) is 0 Å². The van der Waals surface area contributed by atoms with Crippen molar-refractivity contribution < 1.29 is 4.79 Å². The molecule has 1 saturated heterocycles. The van der Waals surface area contributed by atoms with Crippen molar-refractivity contribution in [1.82, 2.24) is 20.4 Å². The number of hydrogen-bond donors (Lipinski definition) is 2. The van der Waals surface area contributed by atoms with E-state index in [2.05, 4.69) is 20.8 Å². The maximum atomic E-state index is 12.8. The molecule has 6 heteroatoms. The van der Waals surface area contributed by atoms with Crippen LogP contribution >= 0.6 is 0 Å². The molecule has 0 aliphatic carbocycles. The number of hydrogen-bond acceptors (Lipinski definition) is 5. The van der Waals surface area contributed by atoms with Crippen molar-refractivity contribution in [2.45, 2.75) is 25.8 Å². The SMILES string of the molecule is CNC[C@H]1CCCN1C(=O)c1cccc(Nc2ccc(C)nn2)c1. The van der Waals surface area contributed by atoms with E-state index >= 15 is 0 Å². The molecule has 1 atom stereocenters. The molecule has 0 radical (unpaired) electrons. The highest BCUT2D eigenvalue weighted by Crippen LogP contribution is 2.22. The van der Waals surface area contributed by atoms with Crippen molar-refractivity contribution in [3.63, 3.8) is 0 Å². The van der Waals surface area contributed by atoms with E-state index in [0.29, 0.717) is 11.4 Å². The smallest absolute Gasteiger partial charge is 0.254 e. The van der Waals surface area contributed by atoms with Gasteiger partial charge in [-0.25, -0.2) is 0 Å². The minimum atomic E-state index is 0.0893. The number of carbonyl (C=O) groups excluding carboxylic acids is 1. The average Bonchev–Trinajstić information content (AvgIpc) is 3.05. The summed E-state index contributed by atoms with van der Waals surface area (Å²) < 4.78 is 0. The molecule has 1 aliphatic rings. The summed E-state index contributed by atoms with van der Waals surface area (Å²) in [6, 6.07) is 11.6. The molecule has 1 fully saturated rings. The van der Waals surface area contributed by atoms with Gasteiger partial charge >= 0.3 is 0 Å². The number of likely N-dealkylation sites (N-methyl/N-ethyl adjacent to an activating group) is 1. The fourth-order valence-corrected chi connectivity index (χ4v) is 3.06. The first kappa shape index (κ1) is 16.4. The van der Waals surface area contributed by atoms with E-state index in [4.69, 9.17) is 0 Å². The maximum Gasteiger partial charge on any atom is 0.254 e. The third-order valence-corrected chi connectivity index (χ3v) is 4.26. The zero-order valence-corrected chi connectivity index (χ0v) is 14.1. The Morgan fingerprint density at radius 3 is 2.92 bits per heavy atom. The topological polar surface area (TPSA) is 70.2 Å². The van der Waals surface area contributed by atoms with Crippen LogP contribution in [0.3, 0.4) is 0 Å². The van der Waals surface area contributed by atoms with Crippen LogP contribution in [0.4, 0.5) is 11.5 Å². The summed E-state index contributed by atoms with van der Waals surface area (Å²) in [4.78, 5) is 14.8. The van der Waals surface area contributed by atoms with Crippen molar-refractivity contribution in [3.05, 3.63) is 47.7 Å². The second kappa shape index (κ2) is 7.40. The third kappa shape index (κ3) is 3.71. The number of carbonyl (C=O) groups is 1. The molecule has 0 saturated carbocycles. The summed E-state index contributed by atoms with van der Waals surface area (Å²) in [5, 5.41) is 14.5.